The molecule has 0 bridgehead atoms. The fraction of sp³-hybridized carbons (Fsp3) is 0.111. The van der Waals surface area contributed by atoms with E-state index in [2.05, 4.69) is 0 Å². The molecular formula is C9H8N2O3. The van der Waals surface area contributed by atoms with Crippen molar-refractivity contribution in [1.82, 2.24) is 0 Å². The van der Waals surface area contributed by atoms with E-state index in [1.54, 1.807) is 24.3 Å². The molecule has 2 N–H and O–H groups in total. The summed E-state index contributed by atoms with van der Waals surface area (Å²) in [5, 5.41) is 10.5. The van der Waals surface area contributed by atoms with Crippen LogP contribution in [0.4, 0.5) is 0 Å². The van der Waals surface area contributed by atoms with Gasteiger partial charge < -0.3 is 10.5 Å². The maximum absolute atomic E-state index is 10.5. The van der Waals surface area contributed by atoms with E-state index in [1.807, 2.05) is 0 Å². The molecule has 1 atom stereocenters. The van der Waals surface area contributed by atoms with Gasteiger partial charge in [-0.2, -0.15) is 0 Å². The largest absolute Gasteiger partial charge is 0.426 e. The smallest absolute Gasteiger partial charge is 0.376 e. The molecule has 0 saturated heterocycles. The lowest BCUT2D eigenvalue weighted by Gasteiger charge is -2.17. The Labute approximate surface area is 79.9 Å². The molecule has 1 unspecified atom stereocenters. The summed E-state index contributed by atoms with van der Waals surface area (Å²) in [5.41, 5.74) is 6.73. The SMILES string of the molecule is NC1=CC([N+](=O)[O-])Oc2ccccc21. The molecule has 0 radical (unpaired) electrons. The first-order valence-electron chi connectivity index (χ1n) is 4.05. The Morgan fingerprint density at radius 1 is 1.43 bits per heavy atom. The van der Waals surface area contributed by atoms with Gasteiger partial charge in [-0.15, -0.1) is 0 Å². The Bertz CT molecular complexity index is 414. The van der Waals surface area contributed by atoms with Gasteiger partial charge >= 0.3 is 6.23 Å². The van der Waals surface area contributed by atoms with Gasteiger partial charge in [0.25, 0.3) is 0 Å². The molecule has 72 valence electrons. The van der Waals surface area contributed by atoms with Crippen molar-refractivity contribution in [1.29, 1.82) is 0 Å². The number of rotatable bonds is 1. The number of benzene rings is 1. The Balaban J connectivity index is 2.44. The Kier molecular flexibility index (Phi) is 1.85. The fourth-order valence-electron chi connectivity index (χ4n) is 1.32. The van der Waals surface area contributed by atoms with Crippen LogP contribution < -0.4 is 10.5 Å². The van der Waals surface area contributed by atoms with Gasteiger partial charge in [0.05, 0.1) is 11.0 Å². The summed E-state index contributed by atoms with van der Waals surface area (Å²) >= 11 is 0. The van der Waals surface area contributed by atoms with E-state index < -0.39 is 11.2 Å². The summed E-state index contributed by atoms with van der Waals surface area (Å²) in [6.07, 6.45) is 0.118. The maximum atomic E-state index is 10.5. The number of hydrogen-bond acceptors (Lipinski definition) is 4. The summed E-state index contributed by atoms with van der Waals surface area (Å²) in [4.78, 5) is 9.97. The van der Waals surface area contributed by atoms with Gasteiger partial charge in [-0.3, -0.25) is 10.1 Å². The number of nitrogens with zero attached hydrogens (tertiary/aromatic N) is 1. The molecule has 0 fully saturated rings. The molecule has 1 aromatic rings. The van der Waals surface area contributed by atoms with Crippen molar-refractivity contribution in [3.05, 3.63) is 46.0 Å². The van der Waals surface area contributed by atoms with Crippen molar-refractivity contribution >= 4 is 5.70 Å². The molecule has 1 aromatic carbocycles. The first-order valence-corrected chi connectivity index (χ1v) is 4.05. The Morgan fingerprint density at radius 3 is 2.86 bits per heavy atom. The van der Waals surface area contributed by atoms with E-state index >= 15 is 0 Å². The molecular weight excluding hydrogens is 184 g/mol. The number of nitro groups is 1. The molecule has 2 rings (SSSR count). The normalized spacial score (nSPS) is 19.1. The molecule has 0 saturated carbocycles. The zero-order chi connectivity index (χ0) is 10.1. The Hall–Kier alpha value is -2.04. The first-order chi connectivity index (χ1) is 6.68. The number of hydrogen-bond donors (Lipinski definition) is 1. The molecule has 0 aromatic heterocycles. The maximum Gasteiger partial charge on any atom is 0.376 e. The highest BCUT2D eigenvalue weighted by Crippen LogP contribution is 2.28. The second-order valence-corrected chi connectivity index (χ2v) is 2.91. The third-order valence-corrected chi connectivity index (χ3v) is 1.98. The lowest BCUT2D eigenvalue weighted by molar-refractivity contribution is -0.548. The van der Waals surface area contributed by atoms with Crippen LogP contribution in [0.2, 0.25) is 0 Å². The van der Waals surface area contributed by atoms with Crippen molar-refractivity contribution in [2.24, 2.45) is 5.73 Å². The van der Waals surface area contributed by atoms with Crippen LogP contribution in [-0.4, -0.2) is 11.2 Å². The molecule has 5 nitrogen and oxygen atoms in total. The van der Waals surface area contributed by atoms with E-state index in [0.29, 0.717) is 17.0 Å². The van der Waals surface area contributed by atoms with E-state index in [4.69, 9.17) is 10.5 Å². The third-order valence-electron chi connectivity index (χ3n) is 1.98. The zero-order valence-electron chi connectivity index (χ0n) is 7.21. The summed E-state index contributed by atoms with van der Waals surface area (Å²) in [5.74, 6) is 0.453. The molecule has 0 spiro atoms. The van der Waals surface area contributed by atoms with Crippen LogP contribution in [0.5, 0.6) is 5.75 Å². The summed E-state index contributed by atoms with van der Waals surface area (Å²) in [7, 11) is 0. The lowest BCUT2D eigenvalue weighted by atomic mass is 10.1. The van der Waals surface area contributed by atoms with Crippen LogP contribution in [0.1, 0.15) is 5.56 Å². The van der Waals surface area contributed by atoms with Gasteiger partial charge in [-0.1, -0.05) is 12.1 Å². The second kappa shape index (κ2) is 3.02. The van der Waals surface area contributed by atoms with E-state index in [-0.39, 0.29) is 0 Å². The highest BCUT2D eigenvalue weighted by Gasteiger charge is 2.26. The zero-order valence-corrected chi connectivity index (χ0v) is 7.21. The van der Waals surface area contributed by atoms with Crippen LogP contribution in [0.15, 0.2) is 30.3 Å². The second-order valence-electron chi connectivity index (χ2n) is 2.91. The van der Waals surface area contributed by atoms with Crippen molar-refractivity contribution < 1.29 is 9.66 Å². The summed E-state index contributed by atoms with van der Waals surface area (Å²) < 4.78 is 5.11. The molecule has 1 heterocycles. The van der Waals surface area contributed by atoms with Crippen LogP contribution in [-0.2, 0) is 0 Å². The molecule has 1 aliphatic heterocycles. The predicted molar refractivity (Wildman–Crippen MR) is 50.0 cm³/mol. The minimum Gasteiger partial charge on any atom is -0.426 e. The van der Waals surface area contributed by atoms with Crippen LogP contribution in [0.3, 0.4) is 0 Å². The Morgan fingerprint density at radius 2 is 2.14 bits per heavy atom. The topological polar surface area (TPSA) is 78.4 Å². The van der Waals surface area contributed by atoms with Crippen molar-refractivity contribution in [3.63, 3.8) is 0 Å². The van der Waals surface area contributed by atoms with E-state index in [9.17, 15) is 10.1 Å². The van der Waals surface area contributed by atoms with Gasteiger partial charge in [-0.05, 0) is 12.1 Å². The van der Waals surface area contributed by atoms with Gasteiger partial charge in [0.2, 0.25) is 0 Å². The predicted octanol–water partition coefficient (Wildman–Crippen LogP) is 0.981. The van der Waals surface area contributed by atoms with Crippen molar-refractivity contribution in [2.75, 3.05) is 0 Å². The third kappa shape index (κ3) is 1.28. The van der Waals surface area contributed by atoms with Crippen molar-refractivity contribution in [3.8, 4) is 5.75 Å². The lowest BCUT2D eigenvalue weighted by Crippen LogP contribution is -2.28. The first kappa shape index (κ1) is 8.55. The highest BCUT2D eigenvalue weighted by atomic mass is 16.7. The molecule has 14 heavy (non-hydrogen) atoms. The molecule has 5 heteroatoms. The van der Waals surface area contributed by atoms with Gasteiger partial charge in [0.15, 0.2) is 0 Å². The van der Waals surface area contributed by atoms with Crippen LogP contribution >= 0.6 is 0 Å². The van der Waals surface area contributed by atoms with Gasteiger partial charge in [0.1, 0.15) is 5.75 Å². The summed E-state index contributed by atoms with van der Waals surface area (Å²) in [6.45, 7) is 0. The average molecular weight is 192 g/mol. The van der Waals surface area contributed by atoms with Crippen LogP contribution in [0, 0.1) is 10.1 Å². The molecule has 1 aliphatic rings. The monoisotopic (exact) mass is 192 g/mol. The number of fused-ring (bicyclic) bond motifs is 1. The minimum atomic E-state index is -1.18. The number of para-hydroxylation sites is 1. The average Bonchev–Trinajstić information content (AvgIpc) is 2.17. The standard InChI is InChI=1S/C9H8N2O3/c10-7-5-9(11(12)13)14-8-4-2-1-3-6(7)8/h1-5,9H,10H2. The fourth-order valence-corrected chi connectivity index (χ4v) is 1.32. The number of nitrogens with two attached hydrogens (primary N) is 1. The summed E-state index contributed by atoms with van der Waals surface area (Å²) in [6, 6.07) is 6.97. The minimum absolute atomic E-state index is 0.383. The van der Waals surface area contributed by atoms with Gasteiger partial charge in [-0.25, -0.2) is 0 Å². The van der Waals surface area contributed by atoms with Gasteiger partial charge in [0, 0.05) is 11.3 Å². The van der Waals surface area contributed by atoms with Crippen molar-refractivity contribution in [2.45, 2.75) is 6.23 Å². The molecule has 0 aliphatic carbocycles. The van der Waals surface area contributed by atoms with E-state index in [1.165, 1.54) is 6.08 Å². The molecule has 0 amide bonds. The van der Waals surface area contributed by atoms with E-state index in [0.717, 1.165) is 0 Å². The van der Waals surface area contributed by atoms with Crippen LogP contribution in [0.25, 0.3) is 5.70 Å². The highest BCUT2D eigenvalue weighted by molar-refractivity contribution is 5.69. The number of ether oxygens (including phenoxy) is 1. The quantitative estimate of drug-likeness (QED) is 0.531.